The number of benzene rings is 2. The lowest BCUT2D eigenvalue weighted by molar-refractivity contribution is -0.119. The fraction of sp³-hybridized carbons (Fsp3) is 0.387. The maximum absolute atomic E-state index is 13.1. The molecule has 0 bridgehead atoms. The molecule has 2 aliphatic carbocycles. The Labute approximate surface area is 236 Å². The summed E-state index contributed by atoms with van der Waals surface area (Å²) in [6.45, 7) is 5.92. The molecular weight excluding hydrogens is 562 g/mol. The monoisotopic (exact) mass is 593 g/mol. The van der Waals surface area contributed by atoms with E-state index in [0.29, 0.717) is 70.9 Å². The van der Waals surface area contributed by atoms with Crippen LogP contribution in [0.1, 0.15) is 68.1 Å². The fourth-order valence-corrected chi connectivity index (χ4v) is 6.08. The Morgan fingerprint density at radius 2 is 1.64 bits per heavy atom. The van der Waals surface area contributed by atoms with Gasteiger partial charge in [-0.25, -0.2) is 0 Å². The Bertz CT molecular complexity index is 1380. The SMILES string of the molecule is CCOc1cc(C2C3=C(CCCC3=O)OC3=C2C(=O)CCC3)cc(Br)c1OCC(=O)Nc1cc(C)ccc1C. The number of carbonyl (C=O) groups is 3. The molecule has 0 saturated carbocycles. The van der Waals surface area contributed by atoms with Gasteiger partial charge in [-0.15, -0.1) is 0 Å². The molecule has 0 fully saturated rings. The van der Waals surface area contributed by atoms with E-state index >= 15 is 0 Å². The van der Waals surface area contributed by atoms with Crippen molar-refractivity contribution in [2.24, 2.45) is 0 Å². The highest BCUT2D eigenvalue weighted by atomic mass is 79.9. The standard InChI is InChI=1S/C31H32BrNO6/c1-4-37-26-15-19(14-20(32)31(26)38-16-27(36)33-21-13-17(2)11-12-18(21)3)28-29-22(34)7-5-9-24(29)39-25-10-6-8-23(35)30(25)28/h11-15,28H,4-10,16H2,1-3H3,(H,33,36). The molecule has 5 rings (SSSR count). The van der Waals surface area contributed by atoms with Gasteiger partial charge in [-0.05, 0) is 84.4 Å². The molecule has 1 aliphatic heterocycles. The smallest absolute Gasteiger partial charge is 0.262 e. The summed E-state index contributed by atoms with van der Waals surface area (Å²) in [6, 6.07) is 9.55. The Balaban J connectivity index is 1.47. The Morgan fingerprint density at radius 3 is 2.28 bits per heavy atom. The highest BCUT2D eigenvalue weighted by Gasteiger charge is 2.42. The summed E-state index contributed by atoms with van der Waals surface area (Å²) in [5.74, 6) is 1.41. The number of aryl methyl sites for hydroxylation is 2. The number of rotatable bonds is 7. The molecule has 3 aliphatic rings. The van der Waals surface area contributed by atoms with Crippen LogP contribution in [0.25, 0.3) is 0 Å². The van der Waals surface area contributed by atoms with Gasteiger partial charge in [0.15, 0.2) is 29.7 Å². The number of carbonyl (C=O) groups excluding carboxylic acids is 3. The van der Waals surface area contributed by atoms with Crippen molar-refractivity contribution in [2.45, 2.75) is 65.2 Å². The van der Waals surface area contributed by atoms with Crippen molar-refractivity contribution >= 4 is 39.1 Å². The zero-order valence-corrected chi connectivity index (χ0v) is 24.0. The van der Waals surface area contributed by atoms with E-state index < -0.39 is 5.92 Å². The number of nitrogens with one attached hydrogen (secondary N) is 1. The number of Topliss-reactive ketones (excluding diaryl/α,β-unsaturated/α-hetero) is 2. The Hall–Kier alpha value is -3.39. The summed E-state index contributed by atoms with van der Waals surface area (Å²) >= 11 is 3.61. The maximum Gasteiger partial charge on any atom is 0.262 e. The lowest BCUT2D eigenvalue weighted by atomic mass is 9.73. The molecule has 204 valence electrons. The zero-order chi connectivity index (χ0) is 27.7. The van der Waals surface area contributed by atoms with E-state index in [1.807, 2.05) is 51.1 Å². The van der Waals surface area contributed by atoms with Crippen molar-refractivity contribution < 1.29 is 28.6 Å². The van der Waals surface area contributed by atoms with Crippen molar-refractivity contribution in [3.8, 4) is 11.5 Å². The van der Waals surface area contributed by atoms with Crippen molar-refractivity contribution in [1.29, 1.82) is 0 Å². The number of allylic oxidation sites excluding steroid dienone is 4. The van der Waals surface area contributed by atoms with Crippen LogP contribution in [0.5, 0.6) is 11.5 Å². The first-order valence-electron chi connectivity index (χ1n) is 13.4. The van der Waals surface area contributed by atoms with Crippen molar-refractivity contribution in [2.75, 3.05) is 18.5 Å². The molecule has 0 radical (unpaired) electrons. The van der Waals surface area contributed by atoms with Crippen LogP contribution < -0.4 is 14.8 Å². The first-order valence-corrected chi connectivity index (χ1v) is 14.2. The first kappa shape index (κ1) is 27.2. The average molecular weight is 595 g/mol. The van der Waals surface area contributed by atoms with Gasteiger partial charge in [-0.3, -0.25) is 14.4 Å². The van der Waals surface area contributed by atoms with E-state index in [0.717, 1.165) is 35.2 Å². The molecule has 0 spiro atoms. The van der Waals surface area contributed by atoms with Gasteiger partial charge in [0.05, 0.1) is 11.1 Å². The predicted octanol–water partition coefficient (Wildman–Crippen LogP) is 6.61. The van der Waals surface area contributed by atoms with E-state index in [1.54, 1.807) is 0 Å². The lowest BCUT2D eigenvalue weighted by Crippen LogP contribution is -2.30. The number of hydrogen-bond acceptors (Lipinski definition) is 6. The molecule has 0 unspecified atom stereocenters. The van der Waals surface area contributed by atoms with Crippen LogP contribution in [0.3, 0.4) is 0 Å². The van der Waals surface area contributed by atoms with Crippen LogP contribution in [0.15, 0.2) is 57.5 Å². The van der Waals surface area contributed by atoms with Gasteiger partial charge in [0.25, 0.3) is 5.91 Å². The van der Waals surface area contributed by atoms with Gasteiger partial charge in [-0.2, -0.15) is 0 Å². The molecule has 0 aromatic heterocycles. The third-order valence-electron chi connectivity index (χ3n) is 7.32. The number of ketones is 2. The number of anilines is 1. The second kappa shape index (κ2) is 11.4. The fourth-order valence-electron chi connectivity index (χ4n) is 5.50. The number of ether oxygens (including phenoxy) is 3. The molecule has 1 N–H and O–H groups in total. The minimum Gasteiger partial charge on any atom is -0.490 e. The van der Waals surface area contributed by atoms with Crippen LogP contribution in [0, 0.1) is 13.8 Å². The van der Waals surface area contributed by atoms with E-state index in [2.05, 4.69) is 21.2 Å². The van der Waals surface area contributed by atoms with E-state index in [-0.39, 0.29) is 24.1 Å². The summed E-state index contributed by atoms with van der Waals surface area (Å²) in [6.07, 6.45) is 3.71. The lowest BCUT2D eigenvalue weighted by Gasteiger charge is -2.36. The van der Waals surface area contributed by atoms with E-state index in [1.165, 1.54) is 0 Å². The van der Waals surface area contributed by atoms with Crippen LogP contribution in [0.4, 0.5) is 5.69 Å². The number of amides is 1. The molecule has 8 heteroatoms. The van der Waals surface area contributed by atoms with Crippen molar-refractivity contribution in [3.63, 3.8) is 0 Å². The van der Waals surface area contributed by atoms with Crippen LogP contribution in [-0.2, 0) is 19.1 Å². The van der Waals surface area contributed by atoms with Crippen molar-refractivity contribution in [3.05, 3.63) is 74.2 Å². The minimum atomic E-state index is -0.512. The van der Waals surface area contributed by atoms with Gasteiger partial charge in [0, 0.05) is 48.4 Å². The minimum absolute atomic E-state index is 0.0173. The molecule has 1 amide bonds. The second-order valence-corrected chi connectivity index (χ2v) is 11.0. The summed E-state index contributed by atoms with van der Waals surface area (Å²) < 4.78 is 18.6. The molecule has 0 atom stereocenters. The third kappa shape index (κ3) is 5.53. The highest BCUT2D eigenvalue weighted by Crippen LogP contribution is 2.50. The quantitative estimate of drug-likeness (QED) is 0.388. The summed E-state index contributed by atoms with van der Waals surface area (Å²) in [4.78, 5) is 39.0. The average Bonchev–Trinajstić information content (AvgIpc) is 2.89. The molecule has 39 heavy (non-hydrogen) atoms. The Morgan fingerprint density at radius 1 is 0.974 bits per heavy atom. The topological polar surface area (TPSA) is 90.9 Å². The van der Waals surface area contributed by atoms with Gasteiger partial charge in [0.2, 0.25) is 0 Å². The van der Waals surface area contributed by atoms with Crippen LogP contribution in [0.2, 0.25) is 0 Å². The molecule has 0 saturated heterocycles. The highest BCUT2D eigenvalue weighted by molar-refractivity contribution is 9.10. The molecular formula is C31H32BrNO6. The predicted molar refractivity (Wildman–Crippen MR) is 151 cm³/mol. The van der Waals surface area contributed by atoms with Gasteiger partial charge in [-0.1, -0.05) is 12.1 Å². The second-order valence-electron chi connectivity index (χ2n) is 10.2. The van der Waals surface area contributed by atoms with Crippen molar-refractivity contribution in [1.82, 2.24) is 0 Å². The first-order chi connectivity index (χ1) is 18.8. The molecule has 2 aromatic carbocycles. The molecule has 1 heterocycles. The molecule has 7 nitrogen and oxygen atoms in total. The number of halogens is 1. The van der Waals surface area contributed by atoms with Gasteiger partial charge in [0.1, 0.15) is 11.5 Å². The van der Waals surface area contributed by atoms with E-state index in [4.69, 9.17) is 14.2 Å². The summed E-state index contributed by atoms with van der Waals surface area (Å²) in [5, 5.41) is 2.91. The van der Waals surface area contributed by atoms with Gasteiger partial charge < -0.3 is 19.5 Å². The van der Waals surface area contributed by atoms with E-state index in [9.17, 15) is 14.4 Å². The summed E-state index contributed by atoms with van der Waals surface area (Å²) in [7, 11) is 0. The third-order valence-corrected chi connectivity index (χ3v) is 7.91. The van der Waals surface area contributed by atoms with Crippen LogP contribution in [-0.4, -0.2) is 30.7 Å². The summed E-state index contributed by atoms with van der Waals surface area (Å²) in [5.41, 5.74) is 4.66. The Kier molecular flexibility index (Phi) is 7.93. The van der Waals surface area contributed by atoms with Gasteiger partial charge >= 0.3 is 0 Å². The maximum atomic E-state index is 13.1. The number of hydrogen-bond donors (Lipinski definition) is 1. The van der Waals surface area contributed by atoms with Crippen LogP contribution >= 0.6 is 15.9 Å². The largest absolute Gasteiger partial charge is 0.490 e. The zero-order valence-electron chi connectivity index (χ0n) is 22.4. The normalized spacial score (nSPS) is 17.4. The molecule has 2 aromatic rings.